The van der Waals surface area contributed by atoms with Crippen LogP contribution in [0.1, 0.15) is 76.2 Å². The van der Waals surface area contributed by atoms with Gasteiger partial charge in [0.05, 0.1) is 0 Å². The van der Waals surface area contributed by atoms with Crippen LogP contribution in [0.15, 0.2) is 23.3 Å². The highest BCUT2D eigenvalue weighted by atomic mass is 14.9. The molecule has 1 aromatic heterocycles. The Bertz CT molecular complexity index is 409. The van der Waals surface area contributed by atoms with Crippen molar-refractivity contribution in [1.29, 1.82) is 0 Å². The monoisotopic (exact) mass is 272 g/mol. The zero-order chi connectivity index (χ0) is 14.0. The molecule has 2 heteroatoms. The second-order valence-corrected chi connectivity index (χ2v) is 6.00. The Hall–Kier alpha value is -1.18. The lowest BCUT2D eigenvalue weighted by Gasteiger charge is -2.10. The summed E-state index contributed by atoms with van der Waals surface area (Å²) < 4.78 is 0. The van der Waals surface area contributed by atoms with Gasteiger partial charge in [0.1, 0.15) is 0 Å². The molecule has 110 valence electrons. The molecule has 0 bridgehead atoms. The number of hydrogen-bond donors (Lipinski definition) is 0. The number of aromatic nitrogens is 1. The summed E-state index contributed by atoms with van der Waals surface area (Å²) in [4.78, 5) is 9.27. The second-order valence-electron chi connectivity index (χ2n) is 6.00. The number of hydrogen-bond acceptors (Lipinski definition) is 2. The van der Waals surface area contributed by atoms with Crippen LogP contribution >= 0.6 is 0 Å². The third-order valence-corrected chi connectivity index (χ3v) is 4.18. The van der Waals surface area contributed by atoms with E-state index >= 15 is 0 Å². The first-order chi connectivity index (χ1) is 9.86. The van der Waals surface area contributed by atoms with Crippen LogP contribution in [0.3, 0.4) is 0 Å². The molecule has 1 saturated carbocycles. The molecule has 2 nitrogen and oxygen atoms in total. The highest BCUT2D eigenvalue weighted by Crippen LogP contribution is 2.19. The zero-order valence-corrected chi connectivity index (χ0v) is 12.9. The van der Waals surface area contributed by atoms with Gasteiger partial charge in [0.25, 0.3) is 0 Å². The predicted molar refractivity (Wildman–Crippen MR) is 86.9 cm³/mol. The fourth-order valence-electron chi connectivity index (χ4n) is 2.88. The van der Waals surface area contributed by atoms with E-state index in [1.165, 1.54) is 69.1 Å². The molecule has 1 aromatic rings. The van der Waals surface area contributed by atoms with E-state index in [1.54, 1.807) is 0 Å². The average Bonchev–Trinajstić information content (AvgIpc) is 2.44. The van der Waals surface area contributed by atoms with E-state index in [0.717, 1.165) is 18.7 Å². The molecule has 1 fully saturated rings. The lowest BCUT2D eigenvalue weighted by molar-refractivity contribution is 0.556. The zero-order valence-electron chi connectivity index (χ0n) is 12.9. The minimum atomic E-state index is 0.926. The number of aryl methyl sites for hydroxylation is 1. The van der Waals surface area contributed by atoms with Crippen LogP contribution in [0.25, 0.3) is 0 Å². The number of nitrogens with zero attached hydrogens (tertiary/aromatic N) is 2. The molecule has 1 heterocycles. The number of rotatable bonds is 1. The Kier molecular flexibility index (Phi) is 6.76. The molecule has 20 heavy (non-hydrogen) atoms. The van der Waals surface area contributed by atoms with Gasteiger partial charge in [-0.2, -0.15) is 0 Å². The maximum Gasteiger partial charge on any atom is 0.154 e. The van der Waals surface area contributed by atoms with Crippen molar-refractivity contribution in [2.75, 3.05) is 0 Å². The molecular formula is C18H28N2. The minimum Gasteiger partial charge on any atom is -0.238 e. The summed E-state index contributed by atoms with van der Waals surface area (Å²) in [5.74, 6) is 0.926. The summed E-state index contributed by atoms with van der Waals surface area (Å²) in [5, 5.41) is 0. The summed E-state index contributed by atoms with van der Waals surface area (Å²) in [7, 11) is 0. The van der Waals surface area contributed by atoms with Crippen LogP contribution in [0.2, 0.25) is 0 Å². The van der Waals surface area contributed by atoms with Crippen LogP contribution in [-0.4, -0.2) is 10.7 Å². The molecule has 0 unspecified atom stereocenters. The maximum atomic E-state index is 4.85. The Labute approximate surface area is 123 Å². The average molecular weight is 272 g/mol. The van der Waals surface area contributed by atoms with Crippen molar-refractivity contribution < 1.29 is 0 Å². The SMILES string of the molecule is Cc1cccnc1N=C1CCCCCCCCCCC1. The first-order valence-corrected chi connectivity index (χ1v) is 8.34. The minimum absolute atomic E-state index is 0.926. The van der Waals surface area contributed by atoms with E-state index in [9.17, 15) is 0 Å². The van der Waals surface area contributed by atoms with E-state index in [1.807, 2.05) is 12.3 Å². The van der Waals surface area contributed by atoms with Crippen molar-refractivity contribution in [3.05, 3.63) is 23.9 Å². The highest BCUT2D eigenvalue weighted by molar-refractivity contribution is 5.86. The standard InChI is InChI=1S/C18H28N2/c1-16-12-11-15-19-18(16)20-17-13-9-7-5-3-2-4-6-8-10-14-17/h11-12,15H,2-10,13-14H2,1H3. The van der Waals surface area contributed by atoms with Gasteiger partial charge < -0.3 is 0 Å². The van der Waals surface area contributed by atoms with Crippen LogP contribution in [0, 0.1) is 6.92 Å². The largest absolute Gasteiger partial charge is 0.238 e. The lowest BCUT2D eigenvalue weighted by Crippen LogP contribution is -2.00. The summed E-state index contributed by atoms with van der Waals surface area (Å²) in [6, 6.07) is 4.09. The van der Waals surface area contributed by atoms with Crippen molar-refractivity contribution in [2.24, 2.45) is 4.99 Å². The van der Waals surface area contributed by atoms with E-state index < -0.39 is 0 Å². The summed E-state index contributed by atoms with van der Waals surface area (Å²) in [6.45, 7) is 2.10. The molecular weight excluding hydrogens is 244 g/mol. The molecule has 2 rings (SSSR count). The summed E-state index contributed by atoms with van der Waals surface area (Å²) >= 11 is 0. The van der Waals surface area contributed by atoms with Crippen LogP contribution in [0.4, 0.5) is 5.82 Å². The number of aliphatic imine (C=N–C) groups is 1. The van der Waals surface area contributed by atoms with Crippen LogP contribution in [-0.2, 0) is 0 Å². The number of pyridine rings is 1. The first kappa shape index (κ1) is 15.2. The smallest absolute Gasteiger partial charge is 0.154 e. The van der Waals surface area contributed by atoms with Gasteiger partial charge in [0.15, 0.2) is 5.82 Å². The molecule has 0 N–H and O–H groups in total. The predicted octanol–water partition coefficient (Wildman–Crippen LogP) is 5.77. The molecule has 0 radical (unpaired) electrons. The van der Waals surface area contributed by atoms with Gasteiger partial charge in [0, 0.05) is 11.9 Å². The van der Waals surface area contributed by atoms with Crippen molar-refractivity contribution >= 4 is 11.5 Å². The van der Waals surface area contributed by atoms with Gasteiger partial charge in [-0.05, 0) is 44.2 Å². The third kappa shape index (κ3) is 5.44. The Balaban J connectivity index is 1.99. The van der Waals surface area contributed by atoms with Gasteiger partial charge in [-0.15, -0.1) is 0 Å². The van der Waals surface area contributed by atoms with Crippen LogP contribution < -0.4 is 0 Å². The van der Waals surface area contributed by atoms with E-state index in [2.05, 4.69) is 18.0 Å². The molecule has 0 saturated heterocycles. The molecule has 1 aliphatic carbocycles. The van der Waals surface area contributed by atoms with E-state index in [0.29, 0.717) is 0 Å². The van der Waals surface area contributed by atoms with Gasteiger partial charge in [-0.25, -0.2) is 9.98 Å². The van der Waals surface area contributed by atoms with Crippen molar-refractivity contribution in [2.45, 2.75) is 77.6 Å². The van der Waals surface area contributed by atoms with E-state index in [4.69, 9.17) is 4.99 Å². The van der Waals surface area contributed by atoms with Crippen molar-refractivity contribution in [3.63, 3.8) is 0 Å². The van der Waals surface area contributed by atoms with Crippen LogP contribution in [0.5, 0.6) is 0 Å². The molecule has 0 spiro atoms. The molecule has 0 aliphatic heterocycles. The Morgan fingerprint density at radius 3 is 1.95 bits per heavy atom. The lowest BCUT2D eigenvalue weighted by atomic mass is 10.00. The van der Waals surface area contributed by atoms with Gasteiger partial charge in [-0.3, -0.25) is 0 Å². The fourth-order valence-corrected chi connectivity index (χ4v) is 2.88. The topological polar surface area (TPSA) is 25.2 Å². The molecule has 1 aliphatic rings. The third-order valence-electron chi connectivity index (χ3n) is 4.18. The van der Waals surface area contributed by atoms with Crippen molar-refractivity contribution in [3.8, 4) is 0 Å². The normalized spacial score (nSPS) is 18.9. The highest BCUT2D eigenvalue weighted by Gasteiger charge is 2.05. The van der Waals surface area contributed by atoms with Crippen molar-refractivity contribution in [1.82, 2.24) is 4.98 Å². The molecule has 0 amide bonds. The summed E-state index contributed by atoms with van der Waals surface area (Å²) in [6.07, 6.45) is 16.6. The molecule has 0 aromatic carbocycles. The molecule has 0 atom stereocenters. The quantitative estimate of drug-likeness (QED) is 0.637. The first-order valence-electron chi connectivity index (χ1n) is 8.34. The van der Waals surface area contributed by atoms with E-state index in [-0.39, 0.29) is 0 Å². The second kappa shape index (κ2) is 8.89. The Morgan fingerprint density at radius 2 is 1.40 bits per heavy atom. The summed E-state index contributed by atoms with van der Waals surface area (Å²) in [5.41, 5.74) is 2.55. The van der Waals surface area contributed by atoms with Gasteiger partial charge in [-0.1, -0.05) is 51.0 Å². The maximum absolute atomic E-state index is 4.85. The van der Waals surface area contributed by atoms with Gasteiger partial charge >= 0.3 is 0 Å². The van der Waals surface area contributed by atoms with Gasteiger partial charge in [0.2, 0.25) is 0 Å². The fraction of sp³-hybridized carbons (Fsp3) is 0.667. The Morgan fingerprint density at radius 1 is 0.850 bits per heavy atom.